The van der Waals surface area contributed by atoms with Crippen LogP contribution < -0.4 is 15.7 Å². The van der Waals surface area contributed by atoms with Gasteiger partial charge in [0.25, 0.3) is 8.32 Å². The number of rotatable bonds is 5. The second-order valence-corrected chi connectivity index (χ2v) is 12.4. The number of benzene rings is 2. The maximum Gasteiger partial charge on any atom is 0.261 e. The second kappa shape index (κ2) is 7.44. The Labute approximate surface area is 153 Å². The summed E-state index contributed by atoms with van der Waals surface area (Å²) in [5.41, 5.74) is 0. The van der Waals surface area contributed by atoms with Crippen molar-refractivity contribution in [3.63, 3.8) is 0 Å². The SMILES string of the molecule is [CH2]C1CCC(CO[Si](c2ccccc2)(c2ccccc2)C(C)(C)C)N1. The van der Waals surface area contributed by atoms with Crippen LogP contribution in [0.2, 0.25) is 5.04 Å². The second-order valence-electron chi connectivity index (χ2n) is 8.11. The molecule has 1 radical (unpaired) electrons. The van der Waals surface area contributed by atoms with Crippen LogP contribution in [0.3, 0.4) is 0 Å². The molecule has 3 heteroatoms. The van der Waals surface area contributed by atoms with Crippen molar-refractivity contribution in [3.8, 4) is 0 Å². The molecule has 3 rings (SSSR count). The van der Waals surface area contributed by atoms with Crippen LogP contribution in [-0.4, -0.2) is 27.0 Å². The molecule has 0 bridgehead atoms. The summed E-state index contributed by atoms with van der Waals surface area (Å²) in [4.78, 5) is 0. The third-order valence-electron chi connectivity index (χ3n) is 5.25. The van der Waals surface area contributed by atoms with E-state index < -0.39 is 8.32 Å². The topological polar surface area (TPSA) is 21.3 Å². The molecule has 2 unspecified atom stereocenters. The Hall–Kier alpha value is -1.42. The van der Waals surface area contributed by atoms with E-state index >= 15 is 0 Å². The predicted octanol–water partition coefficient (Wildman–Crippen LogP) is 3.52. The summed E-state index contributed by atoms with van der Waals surface area (Å²) < 4.78 is 6.95. The van der Waals surface area contributed by atoms with E-state index in [4.69, 9.17) is 4.43 Å². The summed E-state index contributed by atoms with van der Waals surface area (Å²) in [5.74, 6) is 0. The molecule has 2 atom stereocenters. The molecule has 1 aliphatic heterocycles. The lowest BCUT2D eigenvalue weighted by Gasteiger charge is -2.43. The maximum absolute atomic E-state index is 6.95. The van der Waals surface area contributed by atoms with Gasteiger partial charge in [-0.25, -0.2) is 0 Å². The van der Waals surface area contributed by atoms with Gasteiger partial charge in [0.05, 0.1) is 6.61 Å². The van der Waals surface area contributed by atoms with Crippen LogP contribution in [0, 0.1) is 6.92 Å². The molecule has 25 heavy (non-hydrogen) atoms. The molecule has 1 fully saturated rings. The third kappa shape index (κ3) is 3.74. The van der Waals surface area contributed by atoms with E-state index in [1.807, 2.05) is 0 Å². The zero-order valence-electron chi connectivity index (χ0n) is 15.7. The van der Waals surface area contributed by atoms with Gasteiger partial charge in [0.15, 0.2) is 0 Å². The normalized spacial score (nSPS) is 21.4. The molecule has 1 saturated heterocycles. The largest absolute Gasteiger partial charge is 0.406 e. The molecule has 133 valence electrons. The van der Waals surface area contributed by atoms with Gasteiger partial charge < -0.3 is 9.74 Å². The van der Waals surface area contributed by atoms with Crippen molar-refractivity contribution in [2.24, 2.45) is 0 Å². The minimum Gasteiger partial charge on any atom is -0.406 e. The monoisotopic (exact) mass is 352 g/mol. The van der Waals surface area contributed by atoms with Crippen molar-refractivity contribution in [3.05, 3.63) is 67.6 Å². The van der Waals surface area contributed by atoms with Gasteiger partial charge in [-0.15, -0.1) is 0 Å². The average molecular weight is 353 g/mol. The lowest BCUT2D eigenvalue weighted by molar-refractivity contribution is 0.259. The fourth-order valence-electron chi connectivity index (χ4n) is 4.02. The van der Waals surface area contributed by atoms with E-state index in [1.165, 1.54) is 10.4 Å². The highest BCUT2D eigenvalue weighted by molar-refractivity contribution is 6.99. The summed E-state index contributed by atoms with van der Waals surface area (Å²) in [6.07, 6.45) is 2.28. The Morgan fingerprint density at radius 1 is 0.960 bits per heavy atom. The number of nitrogens with one attached hydrogen (secondary N) is 1. The number of hydrogen-bond acceptors (Lipinski definition) is 2. The quantitative estimate of drug-likeness (QED) is 0.832. The third-order valence-corrected chi connectivity index (χ3v) is 10.3. The highest BCUT2D eigenvalue weighted by Crippen LogP contribution is 2.37. The highest BCUT2D eigenvalue weighted by atomic mass is 28.4. The van der Waals surface area contributed by atoms with E-state index in [0.29, 0.717) is 12.1 Å². The Kier molecular flexibility index (Phi) is 5.47. The lowest BCUT2D eigenvalue weighted by Crippen LogP contribution is -2.67. The van der Waals surface area contributed by atoms with E-state index in [1.54, 1.807) is 0 Å². The summed E-state index contributed by atoms with van der Waals surface area (Å²) in [6, 6.07) is 22.5. The molecule has 1 heterocycles. The standard InChI is InChI=1S/C22H30NOSi/c1-18-15-16-19(23-18)17-24-25(22(2,3)4,20-11-7-5-8-12-20)21-13-9-6-10-14-21/h5-14,18-19,23H,1,15-17H2,2-4H3. The van der Waals surface area contributed by atoms with Crippen molar-refractivity contribution < 1.29 is 4.43 Å². The molecule has 2 aromatic carbocycles. The predicted molar refractivity (Wildman–Crippen MR) is 109 cm³/mol. The molecule has 2 aromatic rings. The molecular formula is C22H30NOSi. The molecule has 0 aromatic heterocycles. The van der Waals surface area contributed by atoms with Crippen LogP contribution in [-0.2, 0) is 4.43 Å². The highest BCUT2D eigenvalue weighted by Gasteiger charge is 2.50. The molecule has 0 saturated carbocycles. The van der Waals surface area contributed by atoms with E-state index in [9.17, 15) is 0 Å². The Morgan fingerprint density at radius 3 is 1.88 bits per heavy atom. The zero-order chi connectivity index (χ0) is 17.9. The number of hydrogen-bond donors (Lipinski definition) is 1. The van der Waals surface area contributed by atoms with Gasteiger partial charge in [0, 0.05) is 12.1 Å². The van der Waals surface area contributed by atoms with Crippen LogP contribution in [0.25, 0.3) is 0 Å². The van der Waals surface area contributed by atoms with E-state index in [2.05, 4.69) is 93.7 Å². The summed E-state index contributed by atoms with van der Waals surface area (Å²) in [5, 5.41) is 6.30. The minimum atomic E-state index is -2.40. The molecule has 1 N–H and O–H groups in total. The van der Waals surface area contributed by atoms with Crippen LogP contribution in [0.15, 0.2) is 60.7 Å². The lowest BCUT2D eigenvalue weighted by atomic mass is 10.2. The first-order chi connectivity index (χ1) is 11.9. The van der Waals surface area contributed by atoms with Crippen molar-refractivity contribution in [2.45, 2.75) is 50.7 Å². The Morgan fingerprint density at radius 2 is 1.48 bits per heavy atom. The van der Waals surface area contributed by atoms with E-state index in [0.717, 1.165) is 19.4 Å². The first-order valence-electron chi connectivity index (χ1n) is 9.27. The van der Waals surface area contributed by atoms with Crippen LogP contribution in [0.4, 0.5) is 0 Å². The van der Waals surface area contributed by atoms with Gasteiger partial charge in [-0.1, -0.05) is 81.4 Å². The molecule has 0 amide bonds. The first-order valence-corrected chi connectivity index (χ1v) is 11.2. The average Bonchev–Trinajstić information content (AvgIpc) is 3.02. The summed E-state index contributed by atoms with van der Waals surface area (Å²) in [6.45, 7) is 11.9. The van der Waals surface area contributed by atoms with Crippen LogP contribution in [0.5, 0.6) is 0 Å². The molecule has 2 nitrogen and oxygen atoms in total. The van der Waals surface area contributed by atoms with Gasteiger partial charge in [-0.05, 0) is 35.2 Å². The summed E-state index contributed by atoms with van der Waals surface area (Å²) in [7, 11) is -2.40. The van der Waals surface area contributed by atoms with Crippen molar-refractivity contribution in [1.29, 1.82) is 0 Å². The zero-order valence-corrected chi connectivity index (χ0v) is 16.7. The van der Waals surface area contributed by atoms with Crippen molar-refractivity contribution >= 4 is 18.7 Å². The van der Waals surface area contributed by atoms with Crippen molar-refractivity contribution in [2.75, 3.05) is 6.61 Å². The molecule has 1 aliphatic rings. The van der Waals surface area contributed by atoms with Gasteiger partial charge in [-0.3, -0.25) is 0 Å². The molecular weight excluding hydrogens is 322 g/mol. The Bertz CT molecular complexity index is 626. The molecule has 0 spiro atoms. The van der Waals surface area contributed by atoms with Gasteiger partial charge in [0.1, 0.15) is 0 Å². The van der Waals surface area contributed by atoms with Gasteiger partial charge in [0.2, 0.25) is 0 Å². The molecule has 0 aliphatic carbocycles. The van der Waals surface area contributed by atoms with Crippen LogP contribution >= 0.6 is 0 Å². The summed E-state index contributed by atoms with van der Waals surface area (Å²) >= 11 is 0. The van der Waals surface area contributed by atoms with Gasteiger partial charge in [-0.2, -0.15) is 0 Å². The van der Waals surface area contributed by atoms with Crippen molar-refractivity contribution in [1.82, 2.24) is 5.32 Å². The minimum absolute atomic E-state index is 0.0399. The van der Waals surface area contributed by atoms with Crippen LogP contribution in [0.1, 0.15) is 33.6 Å². The Balaban J connectivity index is 2.02. The smallest absolute Gasteiger partial charge is 0.261 e. The fourth-order valence-corrected chi connectivity index (χ4v) is 8.63. The maximum atomic E-state index is 6.95. The first kappa shape index (κ1) is 18.4. The van der Waals surface area contributed by atoms with E-state index in [-0.39, 0.29) is 5.04 Å². The fraction of sp³-hybridized carbons (Fsp3) is 0.409. The van der Waals surface area contributed by atoms with Gasteiger partial charge >= 0.3 is 0 Å².